The molecule has 0 aromatic carbocycles. The molecule has 0 aliphatic carbocycles. The summed E-state index contributed by atoms with van der Waals surface area (Å²) in [5, 5.41) is 0. The van der Waals surface area contributed by atoms with Crippen LogP contribution in [0.1, 0.15) is 25.1 Å². The van der Waals surface area contributed by atoms with E-state index in [-0.39, 0.29) is 5.91 Å². The van der Waals surface area contributed by atoms with Gasteiger partial charge in [0.15, 0.2) is 0 Å². The van der Waals surface area contributed by atoms with Crippen LogP contribution in [0.5, 0.6) is 0 Å². The van der Waals surface area contributed by atoms with Gasteiger partial charge in [0.2, 0.25) is 5.91 Å². The minimum absolute atomic E-state index is 0.105. The number of nitrogens with zero attached hydrogens (tertiary/aromatic N) is 1. The Morgan fingerprint density at radius 3 is 2.65 bits per heavy atom. The van der Waals surface area contributed by atoms with Crippen LogP contribution in [-0.2, 0) is 11.2 Å². The zero-order chi connectivity index (χ0) is 13.1. The lowest BCUT2D eigenvalue weighted by atomic mass is 10.0. The third-order valence-corrected chi connectivity index (χ3v) is 4.04. The Hall–Kier alpha value is -0.390. The molecule has 0 bridgehead atoms. The highest BCUT2D eigenvalue weighted by molar-refractivity contribution is 9.11. The van der Waals surface area contributed by atoms with Crippen LogP contribution in [0.2, 0.25) is 0 Å². The number of halogens is 1. The predicted molar refractivity (Wildman–Crippen MR) is 76.2 cm³/mol. The Morgan fingerprint density at radius 2 is 2.18 bits per heavy atom. The number of amides is 1. The van der Waals surface area contributed by atoms with Crippen LogP contribution < -0.4 is 5.73 Å². The van der Waals surface area contributed by atoms with Gasteiger partial charge in [-0.25, -0.2) is 0 Å². The normalized spacial score (nSPS) is 11.6. The van der Waals surface area contributed by atoms with Crippen molar-refractivity contribution in [3.8, 4) is 0 Å². The summed E-state index contributed by atoms with van der Waals surface area (Å²) in [4.78, 5) is 14.9. The Kier molecular flexibility index (Phi) is 5.16. The number of thiophene rings is 1. The highest BCUT2D eigenvalue weighted by Gasteiger charge is 2.19. The zero-order valence-corrected chi connectivity index (χ0v) is 12.9. The van der Waals surface area contributed by atoms with E-state index in [1.54, 1.807) is 16.2 Å². The van der Waals surface area contributed by atoms with Crippen molar-refractivity contribution in [1.82, 2.24) is 4.90 Å². The van der Waals surface area contributed by atoms with Gasteiger partial charge in [-0.2, -0.15) is 0 Å². The highest BCUT2D eigenvalue weighted by atomic mass is 79.9. The molecule has 0 radical (unpaired) electrons. The van der Waals surface area contributed by atoms with Gasteiger partial charge in [-0.3, -0.25) is 4.79 Å². The van der Waals surface area contributed by atoms with Crippen LogP contribution in [0.25, 0.3) is 0 Å². The maximum atomic E-state index is 11.8. The molecule has 2 N–H and O–H groups in total. The van der Waals surface area contributed by atoms with Crippen molar-refractivity contribution in [2.24, 2.45) is 5.73 Å². The molecule has 0 atom stereocenters. The van der Waals surface area contributed by atoms with E-state index in [0.717, 1.165) is 16.8 Å². The Labute approximate surface area is 115 Å². The summed E-state index contributed by atoms with van der Waals surface area (Å²) < 4.78 is 1.13. The van der Waals surface area contributed by atoms with Crippen LogP contribution in [0, 0.1) is 0 Å². The molecule has 0 aliphatic heterocycles. The number of carbonyl (C=O) groups is 1. The SMILES string of the molecule is CN(CCc1ccc(Br)s1)C(=O)CC(C)(C)N. The van der Waals surface area contributed by atoms with Gasteiger partial charge < -0.3 is 10.6 Å². The van der Waals surface area contributed by atoms with E-state index in [1.807, 2.05) is 27.0 Å². The van der Waals surface area contributed by atoms with E-state index in [2.05, 4.69) is 22.0 Å². The third-order valence-electron chi connectivity index (χ3n) is 2.36. The molecule has 1 aromatic heterocycles. The quantitative estimate of drug-likeness (QED) is 0.907. The summed E-state index contributed by atoms with van der Waals surface area (Å²) in [6, 6.07) is 4.12. The molecule has 1 heterocycles. The fourth-order valence-corrected chi connectivity index (χ4v) is 2.89. The van der Waals surface area contributed by atoms with Crippen LogP contribution in [0.4, 0.5) is 0 Å². The minimum Gasteiger partial charge on any atom is -0.345 e. The van der Waals surface area contributed by atoms with Crippen molar-refractivity contribution in [1.29, 1.82) is 0 Å². The van der Waals surface area contributed by atoms with Gasteiger partial charge in [0.1, 0.15) is 0 Å². The van der Waals surface area contributed by atoms with Crippen molar-refractivity contribution in [3.63, 3.8) is 0 Å². The molecule has 0 saturated heterocycles. The van der Waals surface area contributed by atoms with E-state index in [1.165, 1.54) is 4.88 Å². The first-order valence-corrected chi connectivity index (χ1v) is 7.16. The Bertz CT molecular complexity index is 384. The first-order valence-electron chi connectivity index (χ1n) is 5.55. The number of rotatable bonds is 5. The zero-order valence-electron chi connectivity index (χ0n) is 10.5. The lowest BCUT2D eigenvalue weighted by Crippen LogP contribution is -2.40. The first-order chi connectivity index (χ1) is 7.78. The summed E-state index contributed by atoms with van der Waals surface area (Å²) in [6.45, 7) is 4.48. The van der Waals surface area contributed by atoms with Gasteiger partial charge in [0.25, 0.3) is 0 Å². The molecule has 17 heavy (non-hydrogen) atoms. The molecule has 0 aliphatic rings. The van der Waals surface area contributed by atoms with Gasteiger partial charge in [-0.05, 0) is 48.3 Å². The average Bonchev–Trinajstić information content (AvgIpc) is 2.58. The fourth-order valence-electron chi connectivity index (χ4n) is 1.41. The number of hydrogen-bond donors (Lipinski definition) is 1. The molecule has 5 heteroatoms. The van der Waals surface area contributed by atoms with E-state index >= 15 is 0 Å². The van der Waals surface area contributed by atoms with Gasteiger partial charge in [-0.1, -0.05) is 0 Å². The molecule has 1 amide bonds. The van der Waals surface area contributed by atoms with Crippen molar-refractivity contribution < 1.29 is 4.79 Å². The van der Waals surface area contributed by atoms with E-state index < -0.39 is 5.54 Å². The Balaban J connectivity index is 2.39. The molecule has 1 aromatic rings. The molecule has 0 fully saturated rings. The molecule has 96 valence electrons. The van der Waals surface area contributed by atoms with E-state index in [4.69, 9.17) is 5.73 Å². The van der Waals surface area contributed by atoms with E-state index in [9.17, 15) is 4.79 Å². The molecule has 3 nitrogen and oxygen atoms in total. The summed E-state index contributed by atoms with van der Waals surface area (Å²) in [5.74, 6) is 0.105. The van der Waals surface area contributed by atoms with Crippen molar-refractivity contribution in [3.05, 3.63) is 20.8 Å². The first kappa shape index (κ1) is 14.7. The summed E-state index contributed by atoms with van der Waals surface area (Å²) >= 11 is 5.14. The maximum absolute atomic E-state index is 11.8. The number of nitrogens with two attached hydrogens (primary N) is 1. The average molecular weight is 319 g/mol. The second-order valence-corrected chi connectivity index (χ2v) is 7.48. The van der Waals surface area contributed by atoms with Crippen molar-refractivity contribution >= 4 is 33.2 Å². The van der Waals surface area contributed by atoms with E-state index in [0.29, 0.717) is 6.42 Å². The van der Waals surface area contributed by atoms with Gasteiger partial charge >= 0.3 is 0 Å². The molecule has 1 rings (SSSR count). The predicted octanol–water partition coefficient (Wildman–Crippen LogP) is 2.64. The van der Waals surface area contributed by atoms with Crippen molar-refractivity contribution in [2.45, 2.75) is 32.2 Å². The smallest absolute Gasteiger partial charge is 0.224 e. The number of likely N-dealkylation sites (N-methyl/N-ethyl adjacent to an activating group) is 1. The maximum Gasteiger partial charge on any atom is 0.224 e. The van der Waals surface area contributed by atoms with Crippen LogP contribution in [-0.4, -0.2) is 29.9 Å². The lowest BCUT2D eigenvalue weighted by molar-refractivity contribution is -0.130. The van der Waals surface area contributed by atoms with Gasteiger partial charge in [0.05, 0.1) is 3.79 Å². The second kappa shape index (κ2) is 5.98. The van der Waals surface area contributed by atoms with Crippen molar-refractivity contribution in [2.75, 3.05) is 13.6 Å². The summed E-state index contributed by atoms with van der Waals surface area (Å²) in [7, 11) is 1.83. The fraction of sp³-hybridized carbons (Fsp3) is 0.583. The summed E-state index contributed by atoms with van der Waals surface area (Å²) in [5.41, 5.74) is 5.40. The lowest BCUT2D eigenvalue weighted by Gasteiger charge is -2.23. The van der Waals surface area contributed by atoms with Crippen LogP contribution in [0.3, 0.4) is 0 Å². The van der Waals surface area contributed by atoms with Crippen LogP contribution >= 0.6 is 27.3 Å². The second-order valence-electron chi connectivity index (χ2n) is 4.94. The number of hydrogen-bond acceptors (Lipinski definition) is 3. The van der Waals surface area contributed by atoms with Gasteiger partial charge in [-0.15, -0.1) is 11.3 Å². The molecule has 0 unspecified atom stereocenters. The molecular formula is C12H19BrN2OS. The van der Waals surface area contributed by atoms with Gasteiger partial charge in [0, 0.05) is 30.4 Å². The topological polar surface area (TPSA) is 46.3 Å². The minimum atomic E-state index is -0.433. The standard InChI is InChI=1S/C12H19BrN2OS/c1-12(2,14)8-11(16)15(3)7-6-9-4-5-10(13)17-9/h4-5H,6-8,14H2,1-3H3. The Morgan fingerprint density at radius 1 is 1.53 bits per heavy atom. The highest BCUT2D eigenvalue weighted by Crippen LogP contribution is 2.22. The molecule has 0 spiro atoms. The largest absolute Gasteiger partial charge is 0.345 e. The summed E-state index contributed by atoms with van der Waals surface area (Å²) in [6.07, 6.45) is 1.28. The molecular weight excluding hydrogens is 300 g/mol. The third kappa shape index (κ3) is 5.66. The molecule has 0 saturated carbocycles. The number of carbonyl (C=O) groups excluding carboxylic acids is 1. The monoisotopic (exact) mass is 318 g/mol. The van der Waals surface area contributed by atoms with Crippen LogP contribution in [0.15, 0.2) is 15.9 Å².